The first kappa shape index (κ1) is 13.0. The van der Waals surface area contributed by atoms with Gasteiger partial charge in [0, 0.05) is 12.2 Å². The van der Waals surface area contributed by atoms with Crippen molar-refractivity contribution >= 4 is 5.69 Å². The van der Waals surface area contributed by atoms with Crippen LogP contribution in [0, 0.1) is 12.3 Å². The molecule has 2 heteroatoms. The number of rotatable bonds is 5. The van der Waals surface area contributed by atoms with Gasteiger partial charge >= 0.3 is 0 Å². The van der Waals surface area contributed by atoms with Gasteiger partial charge in [-0.1, -0.05) is 36.3 Å². The summed E-state index contributed by atoms with van der Waals surface area (Å²) in [5, 5.41) is 0. The van der Waals surface area contributed by atoms with Crippen LogP contribution >= 0.6 is 0 Å². The van der Waals surface area contributed by atoms with Crippen LogP contribution < -0.4 is 9.64 Å². The SMILES string of the molecule is C#CCN(Cc1ccc(OC)cc1)c1ccccc1. The van der Waals surface area contributed by atoms with Crippen molar-refractivity contribution < 1.29 is 4.74 Å². The van der Waals surface area contributed by atoms with E-state index >= 15 is 0 Å². The van der Waals surface area contributed by atoms with Crippen molar-refractivity contribution in [3.8, 4) is 18.1 Å². The highest BCUT2D eigenvalue weighted by atomic mass is 16.5. The molecule has 0 atom stereocenters. The normalized spacial score (nSPS) is 9.68. The molecule has 0 spiro atoms. The van der Waals surface area contributed by atoms with Crippen LogP contribution in [-0.4, -0.2) is 13.7 Å². The van der Waals surface area contributed by atoms with Gasteiger partial charge in [0.1, 0.15) is 5.75 Å². The third-order valence-corrected chi connectivity index (χ3v) is 2.94. The smallest absolute Gasteiger partial charge is 0.118 e. The molecule has 2 aromatic rings. The summed E-state index contributed by atoms with van der Waals surface area (Å²) in [6, 6.07) is 18.2. The highest BCUT2D eigenvalue weighted by Gasteiger charge is 2.05. The summed E-state index contributed by atoms with van der Waals surface area (Å²) in [6.45, 7) is 1.38. The number of hydrogen-bond acceptors (Lipinski definition) is 2. The average molecular weight is 251 g/mol. The van der Waals surface area contributed by atoms with Crippen molar-refractivity contribution in [2.24, 2.45) is 0 Å². The molecular formula is C17H17NO. The van der Waals surface area contributed by atoms with Crippen molar-refractivity contribution in [1.82, 2.24) is 0 Å². The predicted molar refractivity (Wildman–Crippen MR) is 79.3 cm³/mol. The summed E-state index contributed by atoms with van der Waals surface area (Å²) in [5.41, 5.74) is 2.34. The Morgan fingerprint density at radius 3 is 2.32 bits per heavy atom. The van der Waals surface area contributed by atoms with Gasteiger partial charge in [0.25, 0.3) is 0 Å². The molecule has 19 heavy (non-hydrogen) atoms. The number of ether oxygens (including phenoxy) is 1. The van der Waals surface area contributed by atoms with Gasteiger partial charge in [0.15, 0.2) is 0 Å². The Labute approximate surface area is 114 Å². The van der Waals surface area contributed by atoms with Gasteiger partial charge < -0.3 is 9.64 Å². The third-order valence-electron chi connectivity index (χ3n) is 2.94. The van der Waals surface area contributed by atoms with Gasteiger partial charge in [0.2, 0.25) is 0 Å². The van der Waals surface area contributed by atoms with Crippen LogP contribution in [0.4, 0.5) is 5.69 Å². The minimum Gasteiger partial charge on any atom is -0.497 e. The molecule has 0 aliphatic heterocycles. The van der Waals surface area contributed by atoms with Crippen LogP contribution in [-0.2, 0) is 6.54 Å². The zero-order valence-corrected chi connectivity index (χ0v) is 11.0. The van der Waals surface area contributed by atoms with Crippen LogP contribution in [0.3, 0.4) is 0 Å². The van der Waals surface area contributed by atoms with Gasteiger partial charge in [0.05, 0.1) is 13.7 Å². The molecule has 0 radical (unpaired) electrons. The molecule has 0 amide bonds. The standard InChI is InChI=1S/C17H17NO/c1-3-13-18(16-7-5-4-6-8-16)14-15-9-11-17(19-2)12-10-15/h1,4-12H,13-14H2,2H3. The highest BCUT2D eigenvalue weighted by molar-refractivity contribution is 5.48. The van der Waals surface area contributed by atoms with Crippen LogP contribution in [0.15, 0.2) is 54.6 Å². The lowest BCUT2D eigenvalue weighted by molar-refractivity contribution is 0.414. The summed E-state index contributed by atoms with van der Waals surface area (Å²) >= 11 is 0. The number of anilines is 1. The molecular weight excluding hydrogens is 234 g/mol. The molecule has 96 valence electrons. The largest absolute Gasteiger partial charge is 0.497 e. The quantitative estimate of drug-likeness (QED) is 0.756. The van der Waals surface area contributed by atoms with Gasteiger partial charge in [-0.15, -0.1) is 6.42 Å². The van der Waals surface area contributed by atoms with E-state index in [1.807, 2.05) is 30.3 Å². The Morgan fingerprint density at radius 2 is 1.74 bits per heavy atom. The fourth-order valence-corrected chi connectivity index (χ4v) is 1.94. The van der Waals surface area contributed by atoms with E-state index in [2.05, 4.69) is 35.1 Å². The highest BCUT2D eigenvalue weighted by Crippen LogP contribution is 2.18. The Balaban J connectivity index is 2.14. The minimum absolute atomic E-state index is 0.593. The van der Waals surface area contributed by atoms with E-state index < -0.39 is 0 Å². The number of para-hydroxylation sites is 1. The monoisotopic (exact) mass is 251 g/mol. The van der Waals surface area contributed by atoms with Crippen molar-refractivity contribution in [3.63, 3.8) is 0 Å². The molecule has 0 aromatic heterocycles. The van der Waals surface area contributed by atoms with Crippen LogP contribution in [0.2, 0.25) is 0 Å². The number of benzene rings is 2. The molecule has 0 aliphatic carbocycles. The van der Waals surface area contributed by atoms with E-state index in [1.165, 1.54) is 5.56 Å². The second-order valence-corrected chi connectivity index (χ2v) is 4.24. The molecule has 0 aliphatic rings. The summed E-state index contributed by atoms with van der Waals surface area (Å²) in [6.07, 6.45) is 5.45. The predicted octanol–water partition coefficient (Wildman–Crippen LogP) is 3.34. The molecule has 2 nitrogen and oxygen atoms in total. The van der Waals surface area contributed by atoms with E-state index in [-0.39, 0.29) is 0 Å². The van der Waals surface area contributed by atoms with Crippen molar-refractivity contribution in [2.75, 3.05) is 18.6 Å². The van der Waals surface area contributed by atoms with Gasteiger partial charge in [-0.25, -0.2) is 0 Å². The van der Waals surface area contributed by atoms with Gasteiger partial charge in [-0.05, 0) is 29.8 Å². The first-order valence-corrected chi connectivity index (χ1v) is 6.20. The average Bonchev–Trinajstić information content (AvgIpc) is 2.48. The Morgan fingerprint density at radius 1 is 1.05 bits per heavy atom. The number of methoxy groups -OCH3 is 1. The minimum atomic E-state index is 0.593. The molecule has 0 unspecified atom stereocenters. The number of hydrogen-bond donors (Lipinski definition) is 0. The van der Waals surface area contributed by atoms with Crippen molar-refractivity contribution in [2.45, 2.75) is 6.54 Å². The molecule has 0 saturated carbocycles. The lowest BCUT2D eigenvalue weighted by atomic mass is 10.2. The maximum Gasteiger partial charge on any atom is 0.118 e. The zero-order chi connectivity index (χ0) is 13.5. The summed E-state index contributed by atoms with van der Waals surface area (Å²) in [5.74, 6) is 3.58. The lowest BCUT2D eigenvalue weighted by Gasteiger charge is -2.22. The Hall–Kier alpha value is -2.40. The molecule has 0 N–H and O–H groups in total. The van der Waals surface area contributed by atoms with E-state index in [0.717, 1.165) is 18.0 Å². The first-order chi connectivity index (χ1) is 9.33. The topological polar surface area (TPSA) is 12.5 Å². The lowest BCUT2D eigenvalue weighted by Crippen LogP contribution is -2.22. The first-order valence-electron chi connectivity index (χ1n) is 6.20. The summed E-state index contributed by atoms with van der Waals surface area (Å²) in [4.78, 5) is 2.17. The fraction of sp³-hybridized carbons (Fsp3) is 0.176. The van der Waals surface area contributed by atoms with Crippen molar-refractivity contribution in [3.05, 3.63) is 60.2 Å². The molecule has 0 heterocycles. The second-order valence-electron chi connectivity index (χ2n) is 4.24. The van der Waals surface area contributed by atoms with E-state index in [4.69, 9.17) is 11.2 Å². The molecule has 0 fully saturated rings. The summed E-state index contributed by atoms with van der Waals surface area (Å²) < 4.78 is 5.16. The molecule has 2 rings (SSSR count). The number of nitrogens with zero attached hydrogens (tertiary/aromatic N) is 1. The maximum absolute atomic E-state index is 5.45. The Kier molecular flexibility index (Phi) is 4.47. The molecule has 0 saturated heterocycles. The third kappa shape index (κ3) is 3.53. The number of terminal acetylenes is 1. The maximum atomic E-state index is 5.45. The second kappa shape index (κ2) is 6.51. The van der Waals surface area contributed by atoms with Crippen LogP contribution in [0.1, 0.15) is 5.56 Å². The van der Waals surface area contributed by atoms with Gasteiger partial charge in [-0.3, -0.25) is 0 Å². The van der Waals surface area contributed by atoms with E-state index in [0.29, 0.717) is 6.54 Å². The van der Waals surface area contributed by atoms with E-state index in [1.54, 1.807) is 7.11 Å². The van der Waals surface area contributed by atoms with E-state index in [9.17, 15) is 0 Å². The van der Waals surface area contributed by atoms with Crippen molar-refractivity contribution in [1.29, 1.82) is 0 Å². The fourth-order valence-electron chi connectivity index (χ4n) is 1.94. The summed E-state index contributed by atoms with van der Waals surface area (Å²) in [7, 11) is 1.67. The van der Waals surface area contributed by atoms with Crippen LogP contribution in [0.25, 0.3) is 0 Å². The zero-order valence-electron chi connectivity index (χ0n) is 11.0. The Bertz CT molecular complexity index is 540. The molecule has 0 bridgehead atoms. The van der Waals surface area contributed by atoms with Crippen LogP contribution in [0.5, 0.6) is 5.75 Å². The molecule has 2 aromatic carbocycles. The van der Waals surface area contributed by atoms with Gasteiger partial charge in [-0.2, -0.15) is 0 Å².